The summed E-state index contributed by atoms with van der Waals surface area (Å²) < 4.78 is 5.30. The van der Waals surface area contributed by atoms with Gasteiger partial charge in [-0.15, -0.1) is 0 Å². The highest BCUT2D eigenvalue weighted by molar-refractivity contribution is 5.92. The number of nitrogens with one attached hydrogen (secondary N) is 1. The van der Waals surface area contributed by atoms with Crippen molar-refractivity contribution < 1.29 is 9.32 Å². The van der Waals surface area contributed by atoms with Crippen LogP contribution in [0.4, 0.5) is 0 Å². The average molecular weight is 311 g/mol. The van der Waals surface area contributed by atoms with E-state index in [2.05, 4.69) is 10.5 Å². The monoisotopic (exact) mass is 311 g/mol. The van der Waals surface area contributed by atoms with Crippen molar-refractivity contribution in [3.63, 3.8) is 0 Å². The molecule has 120 valence electrons. The summed E-state index contributed by atoms with van der Waals surface area (Å²) in [5.41, 5.74) is 2.08. The summed E-state index contributed by atoms with van der Waals surface area (Å²) in [6.07, 6.45) is 3.38. The molecule has 1 spiro atoms. The first-order valence-corrected chi connectivity index (χ1v) is 8.28. The normalized spacial score (nSPS) is 20.1. The molecule has 4 rings (SSSR count). The van der Waals surface area contributed by atoms with Crippen LogP contribution in [0.15, 0.2) is 40.9 Å². The number of aromatic nitrogens is 1. The van der Waals surface area contributed by atoms with E-state index < -0.39 is 0 Å². The predicted molar refractivity (Wildman–Crippen MR) is 87.0 cm³/mol. The molecule has 0 aliphatic carbocycles. The first-order valence-electron chi connectivity index (χ1n) is 8.28. The van der Waals surface area contributed by atoms with E-state index in [-0.39, 0.29) is 5.91 Å². The molecule has 2 saturated heterocycles. The molecule has 2 aliphatic rings. The molecule has 0 saturated carbocycles. The minimum atomic E-state index is -0.0412. The van der Waals surface area contributed by atoms with E-state index in [1.807, 2.05) is 35.2 Å². The van der Waals surface area contributed by atoms with Gasteiger partial charge < -0.3 is 14.7 Å². The Morgan fingerprint density at radius 3 is 2.65 bits per heavy atom. The van der Waals surface area contributed by atoms with Crippen LogP contribution in [0.3, 0.4) is 0 Å². The third-order valence-electron chi connectivity index (χ3n) is 5.23. The second-order valence-electron chi connectivity index (χ2n) is 6.66. The summed E-state index contributed by atoms with van der Waals surface area (Å²) in [5, 5.41) is 7.49. The van der Waals surface area contributed by atoms with E-state index in [1.54, 1.807) is 6.07 Å². The van der Waals surface area contributed by atoms with Crippen molar-refractivity contribution in [2.24, 2.45) is 5.41 Å². The second-order valence-corrected chi connectivity index (χ2v) is 6.66. The maximum atomic E-state index is 12.6. The van der Waals surface area contributed by atoms with Gasteiger partial charge in [-0.25, -0.2) is 0 Å². The van der Waals surface area contributed by atoms with Gasteiger partial charge >= 0.3 is 0 Å². The fourth-order valence-electron chi connectivity index (χ4n) is 3.68. The van der Waals surface area contributed by atoms with Crippen LogP contribution in [-0.4, -0.2) is 42.1 Å². The van der Waals surface area contributed by atoms with Gasteiger partial charge in [0.1, 0.15) is 5.69 Å². The van der Waals surface area contributed by atoms with Crippen LogP contribution in [0.5, 0.6) is 0 Å². The number of nitrogens with zero attached hydrogens (tertiary/aromatic N) is 2. The number of rotatable bonds is 2. The fraction of sp³-hybridized carbons (Fsp3) is 0.444. The van der Waals surface area contributed by atoms with E-state index in [0.29, 0.717) is 16.9 Å². The summed E-state index contributed by atoms with van der Waals surface area (Å²) in [6, 6.07) is 11.5. The van der Waals surface area contributed by atoms with E-state index in [1.165, 1.54) is 6.42 Å². The number of benzene rings is 1. The van der Waals surface area contributed by atoms with Crippen LogP contribution in [0, 0.1) is 5.41 Å². The number of carbonyl (C=O) groups excluding carboxylic acids is 1. The van der Waals surface area contributed by atoms with Crippen molar-refractivity contribution in [3.8, 4) is 11.3 Å². The van der Waals surface area contributed by atoms with E-state index in [0.717, 1.165) is 44.6 Å². The molecule has 0 radical (unpaired) electrons. The number of hydrogen-bond acceptors (Lipinski definition) is 4. The first kappa shape index (κ1) is 14.5. The summed E-state index contributed by atoms with van der Waals surface area (Å²) >= 11 is 0. The lowest BCUT2D eigenvalue weighted by Gasteiger charge is -2.38. The first-order chi connectivity index (χ1) is 11.3. The van der Waals surface area contributed by atoms with Gasteiger partial charge in [-0.05, 0) is 31.2 Å². The third-order valence-corrected chi connectivity index (χ3v) is 5.23. The highest BCUT2D eigenvalue weighted by atomic mass is 16.5. The molecule has 3 heterocycles. The molecule has 0 bridgehead atoms. The lowest BCUT2D eigenvalue weighted by Crippen LogP contribution is -2.43. The van der Waals surface area contributed by atoms with Crippen molar-refractivity contribution in [1.29, 1.82) is 0 Å². The number of carbonyl (C=O) groups is 1. The van der Waals surface area contributed by atoms with Crippen molar-refractivity contribution in [1.82, 2.24) is 15.4 Å². The van der Waals surface area contributed by atoms with E-state index in [9.17, 15) is 4.79 Å². The SMILES string of the molecule is O=C(c1cc(-c2ccccc2)no1)N1CCC2(CCNC2)CC1. The second kappa shape index (κ2) is 5.81. The number of likely N-dealkylation sites (tertiary alicyclic amines) is 1. The predicted octanol–water partition coefficient (Wildman–Crippen LogP) is 2.56. The van der Waals surface area contributed by atoms with Gasteiger partial charge in [-0.2, -0.15) is 0 Å². The minimum absolute atomic E-state index is 0.0412. The van der Waals surface area contributed by atoms with Crippen LogP contribution in [0.2, 0.25) is 0 Å². The van der Waals surface area contributed by atoms with Crippen LogP contribution in [0.25, 0.3) is 11.3 Å². The topological polar surface area (TPSA) is 58.4 Å². The standard InChI is InChI=1S/C18H21N3O2/c22-17(21-10-7-18(8-11-21)6-9-19-13-18)16-12-15(20-23-16)14-4-2-1-3-5-14/h1-5,12,19H,6-11,13H2. The molecule has 0 unspecified atom stereocenters. The van der Waals surface area contributed by atoms with Gasteiger partial charge in [0.05, 0.1) is 0 Å². The average Bonchev–Trinajstić information content (AvgIpc) is 3.26. The fourth-order valence-corrected chi connectivity index (χ4v) is 3.68. The Kier molecular flexibility index (Phi) is 3.65. The Hall–Kier alpha value is -2.14. The van der Waals surface area contributed by atoms with Crippen molar-refractivity contribution >= 4 is 5.91 Å². The third kappa shape index (κ3) is 2.77. The van der Waals surface area contributed by atoms with Crippen molar-refractivity contribution in [2.45, 2.75) is 19.3 Å². The van der Waals surface area contributed by atoms with Crippen LogP contribution >= 0.6 is 0 Å². The van der Waals surface area contributed by atoms with Gasteiger partial charge in [0.2, 0.25) is 5.76 Å². The maximum absolute atomic E-state index is 12.6. The van der Waals surface area contributed by atoms with Gasteiger partial charge in [0.25, 0.3) is 5.91 Å². The molecule has 1 aromatic heterocycles. The Balaban J connectivity index is 1.45. The molecule has 1 amide bonds. The summed E-state index contributed by atoms with van der Waals surface area (Å²) in [6.45, 7) is 3.82. The van der Waals surface area contributed by atoms with Crippen LogP contribution < -0.4 is 5.32 Å². The molecule has 2 aromatic rings. The molecular weight excluding hydrogens is 290 g/mol. The zero-order chi connectivity index (χ0) is 15.7. The molecule has 2 aliphatic heterocycles. The summed E-state index contributed by atoms with van der Waals surface area (Å²) in [7, 11) is 0. The Morgan fingerprint density at radius 2 is 1.96 bits per heavy atom. The van der Waals surface area contributed by atoms with Crippen molar-refractivity contribution in [3.05, 3.63) is 42.2 Å². The smallest absolute Gasteiger partial charge is 0.292 e. The molecule has 2 fully saturated rings. The van der Waals surface area contributed by atoms with Gasteiger partial charge in [-0.3, -0.25) is 4.79 Å². The highest BCUT2D eigenvalue weighted by Gasteiger charge is 2.38. The molecule has 5 nitrogen and oxygen atoms in total. The zero-order valence-electron chi connectivity index (χ0n) is 13.1. The Bertz CT molecular complexity index is 679. The molecule has 5 heteroatoms. The number of amides is 1. The molecule has 1 aromatic carbocycles. The molecular formula is C18H21N3O2. The van der Waals surface area contributed by atoms with E-state index in [4.69, 9.17) is 4.52 Å². The highest BCUT2D eigenvalue weighted by Crippen LogP contribution is 2.37. The summed E-state index contributed by atoms with van der Waals surface area (Å²) in [5.74, 6) is 0.296. The van der Waals surface area contributed by atoms with Gasteiger partial charge in [-0.1, -0.05) is 35.5 Å². The van der Waals surface area contributed by atoms with Crippen molar-refractivity contribution in [2.75, 3.05) is 26.2 Å². The lowest BCUT2D eigenvalue weighted by atomic mass is 9.78. The minimum Gasteiger partial charge on any atom is -0.350 e. The zero-order valence-corrected chi connectivity index (χ0v) is 13.1. The van der Waals surface area contributed by atoms with Gasteiger partial charge in [0, 0.05) is 31.3 Å². The van der Waals surface area contributed by atoms with Crippen LogP contribution in [-0.2, 0) is 0 Å². The maximum Gasteiger partial charge on any atom is 0.292 e. The molecule has 0 atom stereocenters. The molecule has 1 N–H and O–H groups in total. The molecule has 23 heavy (non-hydrogen) atoms. The van der Waals surface area contributed by atoms with Crippen LogP contribution in [0.1, 0.15) is 29.8 Å². The van der Waals surface area contributed by atoms with Gasteiger partial charge in [0.15, 0.2) is 0 Å². The lowest BCUT2D eigenvalue weighted by molar-refractivity contribution is 0.0568. The van der Waals surface area contributed by atoms with E-state index >= 15 is 0 Å². The summed E-state index contributed by atoms with van der Waals surface area (Å²) in [4.78, 5) is 14.5. The number of piperidine rings is 1. The quantitative estimate of drug-likeness (QED) is 0.926. The Labute approximate surface area is 135 Å². The number of hydrogen-bond donors (Lipinski definition) is 1. The Morgan fingerprint density at radius 1 is 1.17 bits per heavy atom. The largest absolute Gasteiger partial charge is 0.350 e.